The molecule has 0 atom stereocenters. The van der Waals surface area contributed by atoms with Gasteiger partial charge < -0.3 is 20.8 Å². The van der Waals surface area contributed by atoms with Gasteiger partial charge in [0.1, 0.15) is 5.75 Å². The Balaban J connectivity index is 0.00000484. The summed E-state index contributed by atoms with van der Waals surface area (Å²) in [6.45, 7) is 1.83. The maximum absolute atomic E-state index is 13.7. The standard InChI is InChI=1S/C29H25F6N3O3.H3N/c1-18-16-21(41-15-5-14-28(30,31)32)13-12-19(18)10-11-20-6-2-3-7-22(20)24-8-4-9-25(37-24)38-26(29(33,34)35)23(17-36-38)27(39)40;/h2-4,6-9,12-13,16-17H,5,10-11,14-15H2,1H3,(H,39,40);1H3. The van der Waals surface area contributed by atoms with Crippen LogP contribution in [0.25, 0.3) is 17.1 Å². The lowest BCUT2D eigenvalue weighted by Crippen LogP contribution is -2.26. The Labute approximate surface area is 237 Å². The lowest BCUT2D eigenvalue weighted by Gasteiger charge is -2.15. The number of aromatic carboxylic acids is 1. The van der Waals surface area contributed by atoms with E-state index in [4.69, 9.17) is 4.74 Å². The van der Waals surface area contributed by atoms with Crippen molar-refractivity contribution in [3.05, 3.63) is 94.8 Å². The Morgan fingerprint density at radius 2 is 1.67 bits per heavy atom. The molecule has 2 aromatic heterocycles. The summed E-state index contributed by atoms with van der Waals surface area (Å²) < 4.78 is 83.9. The van der Waals surface area contributed by atoms with Crippen LogP contribution in [0.1, 0.15) is 45.6 Å². The molecule has 0 bridgehead atoms. The van der Waals surface area contributed by atoms with Crippen LogP contribution in [-0.4, -0.2) is 33.5 Å². The number of nitrogens with zero attached hydrogens (tertiary/aromatic N) is 3. The molecule has 0 unspecified atom stereocenters. The molecule has 0 fully saturated rings. The van der Waals surface area contributed by atoms with Gasteiger partial charge in [0.25, 0.3) is 0 Å². The number of carbonyl (C=O) groups is 1. The molecule has 0 aliphatic rings. The number of hydrogen-bond acceptors (Lipinski definition) is 5. The van der Waals surface area contributed by atoms with Crippen molar-refractivity contribution < 1.29 is 41.0 Å². The molecule has 0 spiro atoms. The van der Waals surface area contributed by atoms with Crippen molar-refractivity contribution in [1.82, 2.24) is 20.9 Å². The van der Waals surface area contributed by atoms with Crippen molar-refractivity contribution >= 4 is 5.97 Å². The number of carbonyl (C=O) groups excluding carboxylic acids is 1. The van der Waals surface area contributed by atoms with Gasteiger partial charge in [0.05, 0.1) is 24.5 Å². The van der Waals surface area contributed by atoms with Crippen molar-refractivity contribution in [2.24, 2.45) is 0 Å². The number of carboxylic acid groups (broad SMARTS) is 1. The smallest absolute Gasteiger partial charge is 0.434 e. The minimum Gasteiger partial charge on any atom is -0.545 e. The summed E-state index contributed by atoms with van der Waals surface area (Å²) in [5, 5.41) is 14.9. The Morgan fingerprint density at radius 3 is 2.33 bits per heavy atom. The number of alkyl halides is 6. The third-order valence-electron chi connectivity index (χ3n) is 6.35. The van der Waals surface area contributed by atoms with Gasteiger partial charge in [0.2, 0.25) is 0 Å². The molecule has 224 valence electrons. The molecule has 4 aromatic rings. The van der Waals surface area contributed by atoms with Crippen LogP contribution in [0.5, 0.6) is 5.75 Å². The Morgan fingerprint density at radius 1 is 0.952 bits per heavy atom. The number of ether oxygens (including phenoxy) is 1. The van der Waals surface area contributed by atoms with E-state index in [1.54, 1.807) is 30.3 Å². The first-order valence-corrected chi connectivity index (χ1v) is 12.5. The minimum atomic E-state index is -5.01. The summed E-state index contributed by atoms with van der Waals surface area (Å²) in [6.07, 6.45) is -8.53. The van der Waals surface area contributed by atoms with Gasteiger partial charge in [-0.05, 0) is 67.1 Å². The number of aromatic nitrogens is 3. The molecule has 0 radical (unpaired) electrons. The molecule has 0 aliphatic heterocycles. The highest BCUT2D eigenvalue weighted by Gasteiger charge is 2.39. The van der Waals surface area contributed by atoms with Crippen LogP contribution in [0.2, 0.25) is 0 Å². The van der Waals surface area contributed by atoms with Crippen molar-refractivity contribution in [2.75, 3.05) is 6.61 Å². The molecule has 4 rings (SSSR count). The van der Waals surface area contributed by atoms with Crippen molar-refractivity contribution in [2.45, 2.75) is 45.0 Å². The van der Waals surface area contributed by atoms with Gasteiger partial charge in [0, 0.05) is 17.5 Å². The largest absolute Gasteiger partial charge is 0.545 e. The molecule has 42 heavy (non-hydrogen) atoms. The van der Waals surface area contributed by atoms with Crippen LogP contribution in [0.15, 0.2) is 66.9 Å². The summed E-state index contributed by atoms with van der Waals surface area (Å²) in [6, 6.07) is 17.0. The zero-order chi connectivity index (χ0) is 29.8. The first-order valence-electron chi connectivity index (χ1n) is 12.5. The number of aryl methyl sites for hydroxylation is 3. The predicted molar refractivity (Wildman–Crippen MR) is 141 cm³/mol. The minimum absolute atomic E-state index is 0. The van der Waals surface area contributed by atoms with Gasteiger partial charge in [0.15, 0.2) is 11.5 Å². The second-order valence-corrected chi connectivity index (χ2v) is 9.30. The van der Waals surface area contributed by atoms with Gasteiger partial charge in [-0.15, -0.1) is 0 Å². The average molecular weight is 595 g/mol. The van der Waals surface area contributed by atoms with Crippen LogP contribution in [0, 0.1) is 6.92 Å². The number of benzene rings is 2. The molecule has 7 nitrogen and oxygen atoms in total. The highest BCUT2D eigenvalue weighted by atomic mass is 19.4. The summed E-state index contributed by atoms with van der Waals surface area (Å²) in [7, 11) is 0. The maximum atomic E-state index is 13.7. The van der Waals surface area contributed by atoms with Crippen molar-refractivity contribution in [3.63, 3.8) is 0 Å². The van der Waals surface area contributed by atoms with Crippen LogP contribution >= 0.6 is 0 Å². The SMILES string of the molecule is Cc1cc(OCCCC(F)(F)F)ccc1CCc1ccccc1-c1cccc(-n2ncc(C(=O)[O-])c2C(F)(F)F)n1.[NH4+]. The highest BCUT2D eigenvalue weighted by Crippen LogP contribution is 2.34. The van der Waals surface area contributed by atoms with E-state index < -0.39 is 36.0 Å². The number of hydrogen-bond donors (Lipinski definition) is 1. The summed E-state index contributed by atoms with van der Waals surface area (Å²) in [4.78, 5) is 15.6. The molecular weight excluding hydrogens is 566 g/mol. The van der Waals surface area contributed by atoms with Gasteiger partial charge >= 0.3 is 12.4 Å². The third-order valence-corrected chi connectivity index (χ3v) is 6.35. The number of halogens is 6. The first kappa shape index (κ1) is 32.1. The van der Waals surface area contributed by atoms with Crippen LogP contribution < -0.4 is 16.0 Å². The normalized spacial score (nSPS) is 11.7. The van der Waals surface area contributed by atoms with Crippen LogP contribution in [-0.2, 0) is 19.0 Å². The Hall–Kier alpha value is -4.39. The Kier molecular flexibility index (Phi) is 9.99. The molecule has 2 heterocycles. The third kappa shape index (κ3) is 7.87. The van der Waals surface area contributed by atoms with Crippen molar-refractivity contribution in [3.8, 4) is 22.8 Å². The second-order valence-electron chi connectivity index (χ2n) is 9.30. The molecule has 0 amide bonds. The number of carboxylic acids is 1. The number of quaternary nitrogens is 1. The number of rotatable bonds is 10. The summed E-state index contributed by atoms with van der Waals surface area (Å²) >= 11 is 0. The molecular formula is C29H28F6N4O3. The quantitative estimate of drug-likeness (QED) is 0.166. The Bertz CT molecular complexity index is 1530. The highest BCUT2D eigenvalue weighted by molar-refractivity contribution is 5.87. The molecule has 0 saturated heterocycles. The zero-order valence-corrected chi connectivity index (χ0v) is 22.7. The summed E-state index contributed by atoms with van der Waals surface area (Å²) in [5.74, 6) is -1.73. The van der Waals surface area contributed by atoms with Crippen LogP contribution in [0.4, 0.5) is 26.3 Å². The number of pyridine rings is 1. The molecule has 13 heteroatoms. The van der Waals surface area contributed by atoms with Gasteiger partial charge in [-0.2, -0.15) is 31.4 Å². The zero-order valence-electron chi connectivity index (χ0n) is 22.7. The summed E-state index contributed by atoms with van der Waals surface area (Å²) in [5.41, 5.74) is 1.24. The van der Waals surface area contributed by atoms with E-state index in [1.807, 2.05) is 25.1 Å². The monoisotopic (exact) mass is 594 g/mol. The fourth-order valence-electron chi connectivity index (χ4n) is 4.39. The van der Waals surface area contributed by atoms with E-state index in [-0.39, 0.29) is 25.0 Å². The molecule has 0 saturated carbocycles. The van der Waals surface area contributed by atoms with Gasteiger partial charge in [-0.25, -0.2) is 9.67 Å². The molecule has 0 aliphatic carbocycles. The van der Waals surface area contributed by atoms with E-state index in [9.17, 15) is 36.2 Å². The average Bonchev–Trinajstić information content (AvgIpc) is 3.37. The second kappa shape index (κ2) is 13.1. The molecule has 4 N–H and O–H groups in total. The van der Waals surface area contributed by atoms with E-state index in [1.165, 1.54) is 12.1 Å². The van der Waals surface area contributed by atoms with E-state index >= 15 is 0 Å². The fourth-order valence-corrected chi connectivity index (χ4v) is 4.39. The predicted octanol–water partition coefficient (Wildman–Crippen LogP) is 6.51. The lowest BCUT2D eigenvalue weighted by atomic mass is 9.96. The van der Waals surface area contributed by atoms with Crippen molar-refractivity contribution in [1.29, 1.82) is 0 Å². The fraction of sp³-hybridized carbons (Fsp3) is 0.276. The van der Waals surface area contributed by atoms with Crippen LogP contribution in [0.3, 0.4) is 0 Å². The first-order chi connectivity index (χ1) is 19.3. The van der Waals surface area contributed by atoms with Gasteiger partial charge in [-0.3, -0.25) is 0 Å². The van der Waals surface area contributed by atoms with E-state index in [0.29, 0.717) is 40.7 Å². The van der Waals surface area contributed by atoms with Gasteiger partial charge in [-0.1, -0.05) is 36.4 Å². The maximum Gasteiger partial charge on any atom is 0.434 e. The lowest BCUT2D eigenvalue weighted by molar-refractivity contribution is -0.255. The van der Waals surface area contributed by atoms with E-state index in [2.05, 4.69) is 10.1 Å². The topological polar surface area (TPSA) is 117 Å². The van der Waals surface area contributed by atoms with E-state index in [0.717, 1.165) is 16.7 Å². The molecule has 2 aromatic carbocycles.